The topological polar surface area (TPSA) is 53.3 Å². The SMILES string of the molecule is COc1cc(Br)ccc1C(=O)N1CCSC[C@H]1C#N. The molecule has 0 bridgehead atoms. The Hall–Kier alpha value is -1.19. The van der Waals surface area contributed by atoms with Gasteiger partial charge in [-0.15, -0.1) is 0 Å². The van der Waals surface area contributed by atoms with Crippen molar-refractivity contribution in [1.82, 2.24) is 4.90 Å². The van der Waals surface area contributed by atoms with Gasteiger partial charge in [-0.1, -0.05) is 15.9 Å². The maximum absolute atomic E-state index is 12.5. The van der Waals surface area contributed by atoms with Crippen molar-refractivity contribution in [1.29, 1.82) is 5.26 Å². The van der Waals surface area contributed by atoms with E-state index in [1.54, 1.807) is 34.9 Å². The molecule has 0 saturated carbocycles. The second kappa shape index (κ2) is 6.31. The fourth-order valence-electron chi connectivity index (χ4n) is 1.95. The summed E-state index contributed by atoms with van der Waals surface area (Å²) in [5, 5.41) is 9.13. The van der Waals surface area contributed by atoms with Crippen LogP contribution in [-0.4, -0.2) is 42.0 Å². The van der Waals surface area contributed by atoms with Crippen molar-refractivity contribution in [3.05, 3.63) is 28.2 Å². The normalized spacial score (nSPS) is 18.8. The monoisotopic (exact) mass is 340 g/mol. The van der Waals surface area contributed by atoms with Crippen LogP contribution in [0.25, 0.3) is 0 Å². The van der Waals surface area contributed by atoms with E-state index in [1.165, 1.54) is 7.11 Å². The van der Waals surface area contributed by atoms with E-state index in [9.17, 15) is 4.79 Å². The molecule has 1 aliphatic heterocycles. The highest BCUT2D eigenvalue weighted by molar-refractivity contribution is 9.10. The number of carbonyl (C=O) groups is 1. The number of nitriles is 1. The third kappa shape index (κ3) is 3.04. The first-order valence-electron chi connectivity index (χ1n) is 5.79. The molecule has 0 aromatic heterocycles. The van der Waals surface area contributed by atoms with Gasteiger partial charge >= 0.3 is 0 Å². The van der Waals surface area contributed by atoms with Gasteiger partial charge in [0.15, 0.2) is 0 Å². The van der Waals surface area contributed by atoms with Crippen LogP contribution in [0, 0.1) is 11.3 Å². The van der Waals surface area contributed by atoms with E-state index in [0.717, 1.165) is 10.2 Å². The standard InChI is InChI=1S/C13H13BrN2O2S/c1-18-12-6-9(14)2-3-11(12)13(17)16-4-5-19-8-10(16)7-15/h2-3,6,10H,4-5,8H2,1H3/t10-/m1/s1. The molecule has 0 spiro atoms. The lowest BCUT2D eigenvalue weighted by Crippen LogP contribution is -2.45. The van der Waals surface area contributed by atoms with Gasteiger partial charge in [-0.3, -0.25) is 4.79 Å². The van der Waals surface area contributed by atoms with Gasteiger partial charge in [0.05, 0.1) is 18.7 Å². The van der Waals surface area contributed by atoms with E-state index in [-0.39, 0.29) is 11.9 Å². The average molecular weight is 341 g/mol. The number of rotatable bonds is 2. The minimum Gasteiger partial charge on any atom is -0.496 e. The number of amides is 1. The quantitative estimate of drug-likeness (QED) is 0.830. The number of halogens is 1. The van der Waals surface area contributed by atoms with Crippen LogP contribution in [0.3, 0.4) is 0 Å². The number of thioether (sulfide) groups is 1. The summed E-state index contributed by atoms with van der Waals surface area (Å²) in [4.78, 5) is 14.2. The van der Waals surface area contributed by atoms with Crippen molar-refractivity contribution in [3.63, 3.8) is 0 Å². The predicted molar refractivity (Wildman–Crippen MR) is 78.5 cm³/mol. The van der Waals surface area contributed by atoms with Crippen LogP contribution in [0.1, 0.15) is 10.4 Å². The van der Waals surface area contributed by atoms with Gasteiger partial charge in [0, 0.05) is 22.5 Å². The number of benzene rings is 1. The second-order valence-corrected chi connectivity index (χ2v) is 6.13. The van der Waals surface area contributed by atoms with Gasteiger partial charge in [0.25, 0.3) is 5.91 Å². The van der Waals surface area contributed by atoms with E-state index in [1.807, 2.05) is 0 Å². The number of ether oxygens (including phenoxy) is 1. The fourth-order valence-corrected chi connectivity index (χ4v) is 3.26. The molecule has 100 valence electrons. The molecular weight excluding hydrogens is 328 g/mol. The van der Waals surface area contributed by atoms with Crippen LogP contribution in [0.5, 0.6) is 5.75 Å². The Labute approximate surface area is 124 Å². The van der Waals surface area contributed by atoms with E-state index in [2.05, 4.69) is 22.0 Å². The highest BCUT2D eigenvalue weighted by Gasteiger charge is 2.29. The first kappa shape index (κ1) is 14.2. The lowest BCUT2D eigenvalue weighted by Gasteiger charge is -2.31. The van der Waals surface area contributed by atoms with Gasteiger partial charge in [-0.25, -0.2) is 0 Å². The molecule has 0 unspecified atom stereocenters. The fraction of sp³-hybridized carbons (Fsp3) is 0.385. The molecule has 1 heterocycles. The highest BCUT2D eigenvalue weighted by Crippen LogP contribution is 2.27. The molecule has 1 aliphatic rings. The smallest absolute Gasteiger partial charge is 0.258 e. The molecule has 2 rings (SSSR count). The summed E-state index contributed by atoms with van der Waals surface area (Å²) in [5.74, 6) is 1.91. The first-order valence-corrected chi connectivity index (χ1v) is 7.74. The van der Waals surface area contributed by atoms with Gasteiger partial charge < -0.3 is 9.64 Å². The Balaban J connectivity index is 2.30. The van der Waals surface area contributed by atoms with Crippen LogP contribution in [0.15, 0.2) is 22.7 Å². The van der Waals surface area contributed by atoms with Crippen LogP contribution in [0.2, 0.25) is 0 Å². The maximum atomic E-state index is 12.5. The number of methoxy groups -OCH3 is 1. The minimum absolute atomic E-state index is 0.142. The van der Waals surface area contributed by atoms with Crippen molar-refractivity contribution in [3.8, 4) is 11.8 Å². The summed E-state index contributed by atoms with van der Waals surface area (Å²) in [7, 11) is 1.53. The third-order valence-corrected chi connectivity index (χ3v) is 4.45. The van der Waals surface area contributed by atoms with Crippen LogP contribution < -0.4 is 4.74 Å². The molecule has 1 amide bonds. The van der Waals surface area contributed by atoms with Gasteiger partial charge in [-0.2, -0.15) is 17.0 Å². The summed E-state index contributed by atoms with van der Waals surface area (Å²) in [6.07, 6.45) is 0. The zero-order chi connectivity index (χ0) is 13.8. The lowest BCUT2D eigenvalue weighted by atomic mass is 10.1. The first-order chi connectivity index (χ1) is 9.17. The molecule has 6 heteroatoms. The molecule has 0 aliphatic carbocycles. The number of nitrogens with zero attached hydrogens (tertiary/aromatic N) is 2. The van der Waals surface area contributed by atoms with Crippen molar-refractivity contribution in [2.75, 3.05) is 25.2 Å². The Morgan fingerprint density at radius 1 is 1.63 bits per heavy atom. The van der Waals surface area contributed by atoms with Crippen molar-refractivity contribution >= 4 is 33.6 Å². The summed E-state index contributed by atoms with van der Waals surface area (Å²) < 4.78 is 6.10. The zero-order valence-corrected chi connectivity index (χ0v) is 12.8. The van der Waals surface area contributed by atoms with E-state index < -0.39 is 0 Å². The maximum Gasteiger partial charge on any atom is 0.258 e. The molecule has 1 aromatic rings. The van der Waals surface area contributed by atoms with Crippen LogP contribution in [0.4, 0.5) is 0 Å². The Morgan fingerprint density at radius 2 is 2.42 bits per heavy atom. The Bertz CT molecular complexity index is 530. The molecule has 1 fully saturated rings. The molecule has 4 nitrogen and oxygen atoms in total. The second-order valence-electron chi connectivity index (χ2n) is 4.06. The van der Waals surface area contributed by atoms with Gasteiger partial charge in [0.2, 0.25) is 0 Å². The molecule has 0 radical (unpaired) electrons. The molecular formula is C13H13BrN2O2S. The highest BCUT2D eigenvalue weighted by atomic mass is 79.9. The van der Waals surface area contributed by atoms with Crippen LogP contribution in [-0.2, 0) is 0 Å². The number of hydrogen-bond donors (Lipinski definition) is 0. The summed E-state index contributed by atoms with van der Waals surface area (Å²) in [5.41, 5.74) is 0.498. The van der Waals surface area contributed by atoms with E-state index >= 15 is 0 Å². The summed E-state index contributed by atoms with van der Waals surface area (Å²) in [6.45, 7) is 0.598. The Morgan fingerprint density at radius 3 is 3.11 bits per heavy atom. The predicted octanol–water partition coefficient (Wildman–Crippen LogP) is 2.54. The molecule has 1 atom stereocenters. The molecule has 0 N–H and O–H groups in total. The van der Waals surface area contributed by atoms with E-state index in [0.29, 0.717) is 23.6 Å². The number of hydrogen-bond acceptors (Lipinski definition) is 4. The van der Waals surface area contributed by atoms with Gasteiger partial charge in [0.1, 0.15) is 11.8 Å². The Kier molecular flexibility index (Phi) is 4.72. The van der Waals surface area contributed by atoms with Crippen LogP contribution >= 0.6 is 27.7 Å². The van der Waals surface area contributed by atoms with E-state index in [4.69, 9.17) is 10.00 Å². The summed E-state index contributed by atoms with van der Waals surface area (Å²) >= 11 is 5.05. The number of carbonyl (C=O) groups excluding carboxylic acids is 1. The van der Waals surface area contributed by atoms with Crippen molar-refractivity contribution < 1.29 is 9.53 Å². The molecule has 19 heavy (non-hydrogen) atoms. The third-order valence-electron chi connectivity index (χ3n) is 2.93. The zero-order valence-electron chi connectivity index (χ0n) is 10.4. The molecule has 1 aromatic carbocycles. The largest absolute Gasteiger partial charge is 0.496 e. The molecule has 1 saturated heterocycles. The minimum atomic E-state index is -0.361. The van der Waals surface area contributed by atoms with Crippen molar-refractivity contribution in [2.45, 2.75) is 6.04 Å². The lowest BCUT2D eigenvalue weighted by molar-refractivity contribution is 0.0734. The van der Waals surface area contributed by atoms with Gasteiger partial charge in [-0.05, 0) is 18.2 Å². The average Bonchev–Trinajstić information content (AvgIpc) is 2.46. The van der Waals surface area contributed by atoms with Crippen molar-refractivity contribution in [2.24, 2.45) is 0 Å². The summed E-state index contributed by atoms with van der Waals surface area (Å²) in [6, 6.07) is 7.11.